The fourth-order valence-corrected chi connectivity index (χ4v) is 4.95. The Kier molecular flexibility index (Phi) is 7.95. The van der Waals surface area contributed by atoms with Crippen LogP contribution in [0.2, 0.25) is 5.02 Å². The van der Waals surface area contributed by atoms with E-state index in [1.165, 1.54) is 0 Å². The van der Waals surface area contributed by atoms with Crippen LogP contribution in [0.3, 0.4) is 0 Å². The third-order valence-corrected chi connectivity index (χ3v) is 7.50. The van der Waals surface area contributed by atoms with Gasteiger partial charge in [-0.05, 0) is 59.8 Å². The number of benzene rings is 2. The second-order valence-corrected chi connectivity index (χ2v) is 10.2. The number of ether oxygens (including phenoxy) is 1. The van der Waals surface area contributed by atoms with Gasteiger partial charge < -0.3 is 9.64 Å². The maximum Gasteiger partial charge on any atom is 0.271 e. The Morgan fingerprint density at radius 3 is 2.45 bits per heavy atom. The first-order chi connectivity index (χ1) is 14.8. The molecule has 0 radical (unpaired) electrons. The standard InChI is InChI=1S/C22H23ClN2O4S2/c1-25(13-3-14-29-20-11-7-18(23)8-12-20)21(26)16-17-5-9-19(10-6-17)24-31(27,28)22-4-2-15-30-22/h2,4-12,15,24H,3,13-14,16H2,1H3. The van der Waals surface area contributed by atoms with E-state index in [1.807, 2.05) is 0 Å². The predicted molar refractivity (Wildman–Crippen MR) is 124 cm³/mol. The van der Waals surface area contributed by atoms with Crippen molar-refractivity contribution in [3.63, 3.8) is 0 Å². The van der Waals surface area contributed by atoms with Gasteiger partial charge in [-0.15, -0.1) is 11.3 Å². The minimum atomic E-state index is -3.58. The zero-order valence-corrected chi connectivity index (χ0v) is 19.3. The van der Waals surface area contributed by atoms with Crippen LogP contribution in [0.15, 0.2) is 70.3 Å². The summed E-state index contributed by atoms with van der Waals surface area (Å²) in [4.78, 5) is 14.1. The molecule has 2 aromatic carbocycles. The highest BCUT2D eigenvalue weighted by atomic mass is 35.5. The highest BCUT2D eigenvalue weighted by Gasteiger charge is 2.15. The second-order valence-electron chi connectivity index (χ2n) is 6.88. The molecule has 1 N–H and O–H groups in total. The number of hydrogen-bond donors (Lipinski definition) is 1. The number of nitrogens with zero attached hydrogens (tertiary/aromatic N) is 1. The number of sulfonamides is 1. The van der Waals surface area contributed by atoms with Crippen molar-refractivity contribution in [2.75, 3.05) is 24.9 Å². The SMILES string of the molecule is CN(CCCOc1ccc(Cl)cc1)C(=O)Cc1ccc(NS(=O)(=O)c2cccs2)cc1. The van der Waals surface area contributed by atoms with Gasteiger partial charge >= 0.3 is 0 Å². The predicted octanol–water partition coefficient (Wildman–Crippen LogP) is 4.67. The van der Waals surface area contributed by atoms with E-state index in [1.54, 1.807) is 78.0 Å². The van der Waals surface area contributed by atoms with Crippen molar-refractivity contribution in [3.8, 4) is 5.75 Å². The van der Waals surface area contributed by atoms with Crippen LogP contribution in [0.5, 0.6) is 5.75 Å². The molecule has 1 aromatic heterocycles. The molecule has 0 aliphatic heterocycles. The summed E-state index contributed by atoms with van der Waals surface area (Å²) in [5.74, 6) is 0.728. The first-order valence-corrected chi connectivity index (χ1v) is 12.4. The number of thiophene rings is 1. The molecular formula is C22H23ClN2O4S2. The summed E-state index contributed by atoms with van der Waals surface area (Å²) in [5, 5.41) is 2.37. The number of rotatable bonds is 10. The van der Waals surface area contributed by atoms with E-state index in [0.717, 1.165) is 22.6 Å². The first kappa shape index (κ1) is 23.1. The van der Waals surface area contributed by atoms with E-state index in [-0.39, 0.29) is 16.5 Å². The minimum Gasteiger partial charge on any atom is -0.494 e. The highest BCUT2D eigenvalue weighted by molar-refractivity contribution is 7.94. The summed E-state index contributed by atoms with van der Waals surface area (Å²) < 4.78 is 33.0. The zero-order chi connectivity index (χ0) is 22.3. The Morgan fingerprint density at radius 1 is 1.10 bits per heavy atom. The van der Waals surface area contributed by atoms with E-state index in [2.05, 4.69) is 4.72 Å². The summed E-state index contributed by atoms with van der Waals surface area (Å²) in [7, 11) is -1.82. The van der Waals surface area contributed by atoms with Gasteiger partial charge in [-0.25, -0.2) is 8.42 Å². The first-order valence-electron chi connectivity index (χ1n) is 9.61. The number of likely N-dealkylation sites (N-methyl/N-ethyl adjacent to an activating group) is 1. The smallest absolute Gasteiger partial charge is 0.271 e. The molecule has 9 heteroatoms. The van der Waals surface area contributed by atoms with E-state index in [0.29, 0.717) is 30.3 Å². The second kappa shape index (κ2) is 10.7. The molecule has 6 nitrogen and oxygen atoms in total. The molecule has 0 unspecified atom stereocenters. The molecule has 1 heterocycles. The highest BCUT2D eigenvalue weighted by Crippen LogP contribution is 2.20. The zero-order valence-electron chi connectivity index (χ0n) is 17.0. The lowest BCUT2D eigenvalue weighted by molar-refractivity contribution is -0.129. The Morgan fingerprint density at radius 2 is 1.81 bits per heavy atom. The Labute approximate surface area is 191 Å². The minimum absolute atomic E-state index is 0.0154. The fraction of sp³-hybridized carbons (Fsp3) is 0.227. The molecule has 0 atom stereocenters. The third kappa shape index (κ3) is 6.99. The van der Waals surface area contributed by atoms with Gasteiger partial charge in [-0.2, -0.15) is 0 Å². The molecule has 1 amide bonds. The lowest BCUT2D eigenvalue weighted by Gasteiger charge is -2.17. The molecule has 0 aliphatic carbocycles. The quantitative estimate of drug-likeness (QED) is 0.429. The number of carbonyl (C=O) groups is 1. The van der Waals surface area contributed by atoms with Gasteiger partial charge in [-0.1, -0.05) is 29.8 Å². The van der Waals surface area contributed by atoms with Crippen LogP contribution in [0, 0.1) is 0 Å². The third-order valence-electron chi connectivity index (χ3n) is 4.47. The number of amides is 1. The van der Waals surface area contributed by atoms with Crippen molar-refractivity contribution in [2.24, 2.45) is 0 Å². The number of carbonyl (C=O) groups excluding carboxylic acids is 1. The normalized spacial score (nSPS) is 11.2. The van der Waals surface area contributed by atoms with E-state index in [4.69, 9.17) is 16.3 Å². The molecule has 3 rings (SSSR count). The molecule has 0 spiro atoms. The summed E-state index contributed by atoms with van der Waals surface area (Å²) >= 11 is 7.00. The average molecular weight is 479 g/mol. The lowest BCUT2D eigenvalue weighted by atomic mass is 10.1. The molecule has 164 valence electrons. The molecular weight excluding hydrogens is 456 g/mol. The molecule has 31 heavy (non-hydrogen) atoms. The number of anilines is 1. The molecule has 0 bridgehead atoms. The van der Waals surface area contributed by atoms with Gasteiger partial charge in [0, 0.05) is 24.3 Å². The van der Waals surface area contributed by atoms with Crippen molar-refractivity contribution in [2.45, 2.75) is 17.1 Å². The van der Waals surface area contributed by atoms with Gasteiger partial charge in [-0.3, -0.25) is 9.52 Å². The van der Waals surface area contributed by atoms with Crippen LogP contribution in [0.4, 0.5) is 5.69 Å². The maximum absolute atomic E-state index is 12.4. The van der Waals surface area contributed by atoms with Crippen LogP contribution in [-0.2, 0) is 21.2 Å². The molecule has 0 aliphatic rings. The van der Waals surface area contributed by atoms with Crippen LogP contribution >= 0.6 is 22.9 Å². The van der Waals surface area contributed by atoms with E-state index in [9.17, 15) is 13.2 Å². The van der Waals surface area contributed by atoms with Crippen LogP contribution < -0.4 is 9.46 Å². The molecule has 0 saturated carbocycles. The van der Waals surface area contributed by atoms with Gasteiger partial charge in [0.2, 0.25) is 5.91 Å². The largest absolute Gasteiger partial charge is 0.494 e. The van der Waals surface area contributed by atoms with Crippen molar-refractivity contribution in [1.82, 2.24) is 4.90 Å². The van der Waals surface area contributed by atoms with Crippen LogP contribution in [0.25, 0.3) is 0 Å². The lowest BCUT2D eigenvalue weighted by Crippen LogP contribution is -2.30. The summed E-state index contributed by atoms with van der Waals surface area (Å²) in [5.41, 5.74) is 1.27. The Bertz CT molecular complexity index is 1080. The number of halogens is 1. The summed E-state index contributed by atoms with van der Waals surface area (Å²) in [6.07, 6.45) is 0.945. The number of hydrogen-bond acceptors (Lipinski definition) is 5. The Balaban J connectivity index is 1.43. The maximum atomic E-state index is 12.4. The molecule has 0 fully saturated rings. The summed E-state index contributed by atoms with van der Waals surface area (Å²) in [6.45, 7) is 1.07. The number of nitrogens with one attached hydrogen (secondary N) is 1. The van der Waals surface area contributed by atoms with Gasteiger partial charge in [0.1, 0.15) is 9.96 Å². The topological polar surface area (TPSA) is 75.7 Å². The van der Waals surface area contributed by atoms with Gasteiger partial charge in [0.05, 0.1) is 13.0 Å². The van der Waals surface area contributed by atoms with Crippen LogP contribution in [0.1, 0.15) is 12.0 Å². The van der Waals surface area contributed by atoms with Crippen LogP contribution in [-0.4, -0.2) is 39.4 Å². The van der Waals surface area contributed by atoms with Crippen molar-refractivity contribution in [3.05, 3.63) is 76.6 Å². The van der Waals surface area contributed by atoms with Crippen molar-refractivity contribution in [1.29, 1.82) is 0 Å². The van der Waals surface area contributed by atoms with Crippen molar-refractivity contribution >= 4 is 44.6 Å². The average Bonchev–Trinajstić information content (AvgIpc) is 3.29. The fourth-order valence-electron chi connectivity index (χ4n) is 2.77. The monoisotopic (exact) mass is 478 g/mol. The van der Waals surface area contributed by atoms with E-state index >= 15 is 0 Å². The Hall–Kier alpha value is -2.55. The van der Waals surface area contributed by atoms with E-state index < -0.39 is 10.0 Å². The molecule has 3 aromatic rings. The van der Waals surface area contributed by atoms with Gasteiger partial charge in [0.25, 0.3) is 10.0 Å². The summed E-state index contributed by atoms with van der Waals surface area (Å²) in [6, 6.07) is 17.2. The van der Waals surface area contributed by atoms with Gasteiger partial charge in [0.15, 0.2) is 0 Å². The molecule has 0 saturated heterocycles. The van der Waals surface area contributed by atoms with Crippen molar-refractivity contribution < 1.29 is 17.9 Å².